The molecule has 0 fully saturated rings. The SMILES string of the molecule is Cc1ccc(-c2ccco2)cc1NS(=O)(=O)c1ccncc1. The van der Waals surface area contributed by atoms with E-state index in [1.165, 1.54) is 24.5 Å². The minimum Gasteiger partial charge on any atom is -0.464 e. The van der Waals surface area contributed by atoms with Crippen molar-refractivity contribution in [3.63, 3.8) is 0 Å². The Bertz CT molecular complexity index is 873. The molecule has 3 rings (SSSR count). The number of furan rings is 1. The molecule has 22 heavy (non-hydrogen) atoms. The summed E-state index contributed by atoms with van der Waals surface area (Å²) in [5, 5.41) is 0. The molecule has 0 atom stereocenters. The molecule has 2 aromatic heterocycles. The van der Waals surface area contributed by atoms with E-state index in [1.807, 2.05) is 25.1 Å². The quantitative estimate of drug-likeness (QED) is 0.800. The second-order valence-corrected chi connectivity index (χ2v) is 6.48. The zero-order chi connectivity index (χ0) is 15.6. The number of nitrogens with one attached hydrogen (secondary N) is 1. The van der Waals surface area contributed by atoms with Crippen molar-refractivity contribution in [2.45, 2.75) is 11.8 Å². The van der Waals surface area contributed by atoms with E-state index in [-0.39, 0.29) is 4.90 Å². The third kappa shape index (κ3) is 2.87. The van der Waals surface area contributed by atoms with E-state index in [9.17, 15) is 8.42 Å². The maximum Gasteiger partial charge on any atom is 0.262 e. The van der Waals surface area contributed by atoms with Gasteiger partial charge in [0, 0.05) is 18.0 Å². The first-order valence-corrected chi connectivity index (χ1v) is 8.12. The summed E-state index contributed by atoms with van der Waals surface area (Å²) in [6, 6.07) is 12.0. The molecule has 1 N–H and O–H groups in total. The Kier molecular flexibility index (Phi) is 3.68. The molecule has 0 saturated heterocycles. The summed E-state index contributed by atoms with van der Waals surface area (Å²) in [7, 11) is -3.64. The van der Waals surface area contributed by atoms with Crippen LogP contribution >= 0.6 is 0 Å². The van der Waals surface area contributed by atoms with Crippen LogP contribution in [-0.4, -0.2) is 13.4 Å². The number of rotatable bonds is 4. The minimum atomic E-state index is -3.64. The fourth-order valence-electron chi connectivity index (χ4n) is 2.05. The van der Waals surface area contributed by atoms with Crippen molar-refractivity contribution >= 4 is 15.7 Å². The molecule has 0 bridgehead atoms. The molecule has 2 heterocycles. The molecular weight excluding hydrogens is 300 g/mol. The molecule has 0 radical (unpaired) electrons. The third-order valence-corrected chi connectivity index (χ3v) is 4.63. The van der Waals surface area contributed by atoms with Crippen LogP contribution in [0.5, 0.6) is 0 Å². The predicted molar refractivity (Wildman–Crippen MR) is 83.9 cm³/mol. The maximum absolute atomic E-state index is 12.4. The van der Waals surface area contributed by atoms with Crippen molar-refractivity contribution in [2.75, 3.05) is 4.72 Å². The Balaban J connectivity index is 1.97. The van der Waals surface area contributed by atoms with E-state index < -0.39 is 10.0 Å². The van der Waals surface area contributed by atoms with Gasteiger partial charge in [0.1, 0.15) is 5.76 Å². The predicted octanol–water partition coefficient (Wildman–Crippen LogP) is 3.45. The summed E-state index contributed by atoms with van der Waals surface area (Å²) in [4.78, 5) is 4.00. The number of aromatic nitrogens is 1. The van der Waals surface area contributed by atoms with Gasteiger partial charge in [-0.25, -0.2) is 8.42 Å². The molecule has 6 heteroatoms. The smallest absolute Gasteiger partial charge is 0.262 e. The van der Waals surface area contributed by atoms with Gasteiger partial charge in [0.15, 0.2) is 0 Å². The van der Waals surface area contributed by atoms with Gasteiger partial charge in [-0.1, -0.05) is 12.1 Å². The number of anilines is 1. The van der Waals surface area contributed by atoms with Crippen molar-refractivity contribution in [1.82, 2.24) is 4.98 Å². The first-order chi connectivity index (χ1) is 10.6. The fraction of sp³-hybridized carbons (Fsp3) is 0.0625. The van der Waals surface area contributed by atoms with Gasteiger partial charge in [0.25, 0.3) is 10.0 Å². The lowest BCUT2D eigenvalue weighted by atomic mass is 10.1. The molecular formula is C16H14N2O3S. The molecule has 0 aliphatic heterocycles. The van der Waals surface area contributed by atoms with E-state index in [4.69, 9.17) is 4.42 Å². The van der Waals surface area contributed by atoms with Crippen LogP contribution in [0.2, 0.25) is 0 Å². The van der Waals surface area contributed by atoms with Crippen LogP contribution in [0, 0.1) is 6.92 Å². The Morgan fingerprint density at radius 1 is 1.09 bits per heavy atom. The van der Waals surface area contributed by atoms with Crippen molar-refractivity contribution in [2.24, 2.45) is 0 Å². The Hall–Kier alpha value is -2.60. The monoisotopic (exact) mass is 314 g/mol. The lowest BCUT2D eigenvalue weighted by Crippen LogP contribution is -2.13. The summed E-state index contributed by atoms with van der Waals surface area (Å²) >= 11 is 0. The summed E-state index contributed by atoms with van der Waals surface area (Å²) in [6.45, 7) is 1.84. The maximum atomic E-state index is 12.4. The number of hydrogen-bond acceptors (Lipinski definition) is 4. The number of benzene rings is 1. The van der Waals surface area contributed by atoms with Crippen LogP contribution in [0.4, 0.5) is 5.69 Å². The first-order valence-electron chi connectivity index (χ1n) is 6.64. The second kappa shape index (κ2) is 5.65. The molecule has 112 valence electrons. The van der Waals surface area contributed by atoms with Crippen LogP contribution in [0.25, 0.3) is 11.3 Å². The highest BCUT2D eigenvalue weighted by molar-refractivity contribution is 7.92. The van der Waals surface area contributed by atoms with E-state index in [0.29, 0.717) is 11.4 Å². The average Bonchev–Trinajstić information content (AvgIpc) is 3.04. The van der Waals surface area contributed by atoms with Crippen LogP contribution < -0.4 is 4.72 Å². The molecule has 0 unspecified atom stereocenters. The molecule has 0 saturated carbocycles. The molecule has 1 aromatic carbocycles. The van der Waals surface area contributed by atoms with Crippen LogP contribution in [0.1, 0.15) is 5.56 Å². The van der Waals surface area contributed by atoms with Gasteiger partial charge in [-0.2, -0.15) is 0 Å². The van der Waals surface area contributed by atoms with Crippen LogP contribution in [-0.2, 0) is 10.0 Å². The summed E-state index contributed by atoms with van der Waals surface area (Å²) < 4.78 is 32.7. The average molecular weight is 314 g/mol. The highest BCUT2D eigenvalue weighted by Gasteiger charge is 2.15. The van der Waals surface area contributed by atoms with Gasteiger partial charge >= 0.3 is 0 Å². The normalized spacial score (nSPS) is 11.3. The summed E-state index contributed by atoms with van der Waals surface area (Å²) in [5.74, 6) is 0.685. The van der Waals surface area contributed by atoms with E-state index in [2.05, 4.69) is 9.71 Å². The van der Waals surface area contributed by atoms with Gasteiger partial charge in [0.2, 0.25) is 0 Å². The van der Waals surface area contributed by atoms with Crippen molar-refractivity contribution in [3.05, 3.63) is 66.7 Å². The lowest BCUT2D eigenvalue weighted by molar-refractivity contribution is 0.582. The Morgan fingerprint density at radius 2 is 1.86 bits per heavy atom. The van der Waals surface area contributed by atoms with Crippen LogP contribution in [0.3, 0.4) is 0 Å². The van der Waals surface area contributed by atoms with Crippen molar-refractivity contribution in [3.8, 4) is 11.3 Å². The largest absolute Gasteiger partial charge is 0.464 e. The number of sulfonamides is 1. The summed E-state index contributed by atoms with van der Waals surface area (Å²) in [6.07, 6.45) is 4.47. The number of nitrogens with zero attached hydrogens (tertiary/aromatic N) is 1. The molecule has 0 aliphatic carbocycles. The first kappa shape index (κ1) is 14.3. The van der Waals surface area contributed by atoms with Crippen LogP contribution in [0.15, 0.2) is 70.4 Å². The molecule has 0 amide bonds. The van der Waals surface area contributed by atoms with Gasteiger partial charge in [-0.05, 0) is 42.8 Å². The van der Waals surface area contributed by atoms with E-state index >= 15 is 0 Å². The van der Waals surface area contributed by atoms with Gasteiger partial charge in [0.05, 0.1) is 16.8 Å². The Morgan fingerprint density at radius 3 is 2.55 bits per heavy atom. The van der Waals surface area contributed by atoms with Gasteiger partial charge < -0.3 is 4.42 Å². The number of hydrogen-bond donors (Lipinski definition) is 1. The highest BCUT2D eigenvalue weighted by atomic mass is 32.2. The van der Waals surface area contributed by atoms with E-state index in [0.717, 1.165) is 11.1 Å². The minimum absolute atomic E-state index is 0.172. The topological polar surface area (TPSA) is 72.2 Å². The van der Waals surface area contributed by atoms with Crippen molar-refractivity contribution in [1.29, 1.82) is 0 Å². The van der Waals surface area contributed by atoms with Gasteiger partial charge in [-0.3, -0.25) is 9.71 Å². The standard InChI is InChI=1S/C16H14N2O3S/c1-12-4-5-13(16-3-2-10-21-16)11-15(12)18-22(19,20)14-6-8-17-9-7-14/h2-11,18H,1H3. The second-order valence-electron chi connectivity index (χ2n) is 4.80. The van der Waals surface area contributed by atoms with Crippen molar-refractivity contribution < 1.29 is 12.8 Å². The zero-order valence-corrected chi connectivity index (χ0v) is 12.7. The zero-order valence-electron chi connectivity index (χ0n) is 11.9. The number of aryl methyl sites for hydroxylation is 1. The Labute approximate surface area is 128 Å². The number of pyridine rings is 1. The lowest BCUT2D eigenvalue weighted by Gasteiger charge is -2.11. The fourth-order valence-corrected chi connectivity index (χ4v) is 3.16. The molecule has 5 nitrogen and oxygen atoms in total. The third-order valence-electron chi connectivity index (χ3n) is 3.25. The van der Waals surface area contributed by atoms with Gasteiger partial charge in [-0.15, -0.1) is 0 Å². The molecule has 0 aliphatic rings. The molecule has 3 aromatic rings. The molecule has 0 spiro atoms. The highest BCUT2D eigenvalue weighted by Crippen LogP contribution is 2.27. The van der Waals surface area contributed by atoms with E-state index in [1.54, 1.807) is 18.4 Å². The summed E-state index contributed by atoms with van der Waals surface area (Å²) in [5.41, 5.74) is 2.15.